The zero-order chi connectivity index (χ0) is 14.7. The van der Waals surface area contributed by atoms with Gasteiger partial charge in [-0.15, -0.1) is 17.9 Å². The highest BCUT2D eigenvalue weighted by atomic mass is 32.1. The van der Waals surface area contributed by atoms with Gasteiger partial charge in [-0.05, 0) is 6.42 Å². The van der Waals surface area contributed by atoms with Gasteiger partial charge in [0.1, 0.15) is 21.5 Å². The van der Waals surface area contributed by atoms with Crippen LogP contribution >= 0.6 is 11.3 Å². The lowest BCUT2D eigenvalue weighted by Gasteiger charge is -2.15. The molecule has 1 aliphatic heterocycles. The summed E-state index contributed by atoms with van der Waals surface area (Å²) >= 11 is 1.19. The summed E-state index contributed by atoms with van der Waals surface area (Å²) in [4.78, 5) is 14.2. The van der Waals surface area contributed by atoms with Crippen molar-refractivity contribution >= 4 is 27.9 Å². The van der Waals surface area contributed by atoms with Crippen LogP contribution in [0.25, 0.3) is 0 Å². The molecule has 0 saturated carbocycles. The van der Waals surface area contributed by atoms with Gasteiger partial charge in [-0.25, -0.2) is 0 Å². The lowest BCUT2D eigenvalue weighted by Crippen LogP contribution is -2.23. The fourth-order valence-electron chi connectivity index (χ4n) is 2.10. The predicted octanol–water partition coefficient (Wildman–Crippen LogP) is 0.689. The normalized spacial score (nSPS) is 17.8. The number of nitriles is 1. The number of amides is 1. The second-order valence-corrected chi connectivity index (χ2v) is 5.52. The van der Waals surface area contributed by atoms with Crippen LogP contribution in [0, 0.1) is 11.3 Å². The third-order valence-corrected chi connectivity index (χ3v) is 4.37. The smallest absolute Gasteiger partial charge is 0.263 e. The number of aliphatic hydroxyl groups is 1. The molecule has 1 aromatic heterocycles. The standard InChI is InChI=1S/C13H16N4O2S/c1-2-4-16-12(19)11-10(15)9(6-14)13(20-11)17-5-3-8(18)7-17/h2,8,18H,1,3-5,7,15H2,(H,16,19). The van der Waals surface area contributed by atoms with Crippen molar-refractivity contribution < 1.29 is 9.90 Å². The van der Waals surface area contributed by atoms with E-state index in [4.69, 9.17) is 5.73 Å². The first-order valence-electron chi connectivity index (χ1n) is 6.23. The summed E-state index contributed by atoms with van der Waals surface area (Å²) in [5, 5.41) is 22.1. The molecule has 2 rings (SSSR count). The van der Waals surface area contributed by atoms with E-state index in [0.29, 0.717) is 41.5 Å². The van der Waals surface area contributed by atoms with Crippen LogP contribution < -0.4 is 16.0 Å². The molecule has 20 heavy (non-hydrogen) atoms. The van der Waals surface area contributed by atoms with Crippen molar-refractivity contribution in [3.05, 3.63) is 23.1 Å². The fraction of sp³-hybridized carbons (Fsp3) is 0.385. The quantitative estimate of drug-likeness (QED) is 0.709. The maximum atomic E-state index is 12.0. The second kappa shape index (κ2) is 5.94. The minimum Gasteiger partial charge on any atom is -0.396 e. The van der Waals surface area contributed by atoms with Crippen molar-refractivity contribution in [1.82, 2.24) is 5.32 Å². The Kier molecular flexibility index (Phi) is 4.27. The third-order valence-electron chi connectivity index (χ3n) is 3.10. The number of hydrogen-bond acceptors (Lipinski definition) is 6. The summed E-state index contributed by atoms with van der Waals surface area (Å²) in [5.41, 5.74) is 6.42. The van der Waals surface area contributed by atoms with Crippen molar-refractivity contribution in [2.24, 2.45) is 0 Å². The van der Waals surface area contributed by atoms with Gasteiger partial charge in [0, 0.05) is 19.6 Å². The Bertz CT molecular complexity index is 576. The van der Waals surface area contributed by atoms with E-state index in [1.54, 1.807) is 6.08 Å². The van der Waals surface area contributed by atoms with Crippen LogP contribution in [-0.4, -0.2) is 36.8 Å². The molecular formula is C13H16N4O2S. The van der Waals surface area contributed by atoms with Crippen LogP contribution in [-0.2, 0) is 0 Å². The Morgan fingerprint density at radius 2 is 2.50 bits per heavy atom. The van der Waals surface area contributed by atoms with Crippen LogP contribution in [0.5, 0.6) is 0 Å². The summed E-state index contributed by atoms with van der Waals surface area (Å²) in [6.45, 7) is 4.99. The van der Waals surface area contributed by atoms with Gasteiger partial charge in [0.15, 0.2) is 0 Å². The Hall–Kier alpha value is -2.04. The van der Waals surface area contributed by atoms with E-state index in [1.807, 2.05) is 11.0 Å². The number of carbonyl (C=O) groups is 1. The minimum atomic E-state index is -0.400. The molecule has 1 unspecified atom stereocenters. The largest absolute Gasteiger partial charge is 0.396 e. The van der Waals surface area contributed by atoms with Gasteiger partial charge in [-0.1, -0.05) is 6.08 Å². The molecule has 1 fully saturated rings. The summed E-state index contributed by atoms with van der Waals surface area (Å²) in [6, 6.07) is 2.05. The second-order valence-electron chi connectivity index (χ2n) is 4.52. The van der Waals surface area contributed by atoms with E-state index in [1.165, 1.54) is 11.3 Å². The highest BCUT2D eigenvalue weighted by molar-refractivity contribution is 7.19. The van der Waals surface area contributed by atoms with Crippen LogP contribution in [0.15, 0.2) is 12.7 Å². The van der Waals surface area contributed by atoms with Crippen molar-refractivity contribution in [2.45, 2.75) is 12.5 Å². The van der Waals surface area contributed by atoms with Crippen LogP contribution in [0.2, 0.25) is 0 Å². The van der Waals surface area contributed by atoms with Crippen molar-refractivity contribution in [3.63, 3.8) is 0 Å². The van der Waals surface area contributed by atoms with Crippen LogP contribution in [0.4, 0.5) is 10.7 Å². The number of hydrogen-bond donors (Lipinski definition) is 3. The Labute approximate surface area is 121 Å². The molecule has 2 heterocycles. The molecule has 4 N–H and O–H groups in total. The zero-order valence-electron chi connectivity index (χ0n) is 10.9. The molecule has 0 bridgehead atoms. The van der Waals surface area contributed by atoms with Gasteiger partial charge >= 0.3 is 0 Å². The van der Waals surface area contributed by atoms with Crippen molar-refractivity contribution in [1.29, 1.82) is 5.26 Å². The number of rotatable bonds is 4. The van der Waals surface area contributed by atoms with Gasteiger partial charge < -0.3 is 21.1 Å². The molecule has 106 valence electrons. The molecule has 1 aliphatic rings. The summed E-state index contributed by atoms with van der Waals surface area (Å²) in [6.07, 6.45) is 1.83. The van der Waals surface area contributed by atoms with Gasteiger partial charge in [-0.3, -0.25) is 4.79 Å². The number of nitrogens with zero attached hydrogens (tertiary/aromatic N) is 2. The first kappa shape index (κ1) is 14.4. The topological polar surface area (TPSA) is 102 Å². The highest BCUT2D eigenvalue weighted by Gasteiger charge is 2.28. The molecule has 0 aliphatic carbocycles. The van der Waals surface area contributed by atoms with Crippen molar-refractivity contribution in [2.75, 3.05) is 30.3 Å². The molecule has 1 saturated heterocycles. The first-order valence-corrected chi connectivity index (χ1v) is 7.04. The van der Waals surface area contributed by atoms with E-state index < -0.39 is 6.10 Å². The maximum Gasteiger partial charge on any atom is 0.263 e. The monoisotopic (exact) mass is 292 g/mol. The summed E-state index contributed by atoms with van der Waals surface area (Å²) in [5.74, 6) is -0.310. The van der Waals surface area contributed by atoms with Crippen LogP contribution in [0.3, 0.4) is 0 Å². The van der Waals surface area contributed by atoms with E-state index in [9.17, 15) is 15.2 Å². The van der Waals surface area contributed by atoms with Gasteiger partial charge in [-0.2, -0.15) is 5.26 Å². The third kappa shape index (κ3) is 2.61. The Balaban J connectivity index is 2.32. The first-order chi connectivity index (χ1) is 9.58. The zero-order valence-corrected chi connectivity index (χ0v) is 11.7. The number of aliphatic hydroxyl groups excluding tert-OH is 1. The Morgan fingerprint density at radius 1 is 1.75 bits per heavy atom. The summed E-state index contributed by atoms with van der Waals surface area (Å²) in [7, 11) is 0. The van der Waals surface area contributed by atoms with Gasteiger partial charge in [0.05, 0.1) is 11.8 Å². The SMILES string of the molecule is C=CCNC(=O)c1sc(N2CCC(O)C2)c(C#N)c1N. The molecule has 7 heteroatoms. The lowest BCUT2D eigenvalue weighted by molar-refractivity contribution is 0.0963. The molecule has 0 radical (unpaired) electrons. The number of nitrogen functional groups attached to an aromatic ring is 1. The Morgan fingerprint density at radius 3 is 3.05 bits per heavy atom. The number of nitrogens with two attached hydrogens (primary N) is 1. The molecule has 0 aromatic carbocycles. The van der Waals surface area contributed by atoms with Gasteiger partial charge in [0.2, 0.25) is 0 Å². The number of β-amino-alcohol motifs (C(OH)–C–C–N with tert-alkyl or cyclic N) is 1. The number of thiophene rings is 1. The number of carbonyl (C=O) groups excluding carboxylic acids is 1. The van der Waals surface area contributed by atoms with Gasteiger partial charge in [0.25, 0.3) is 5.91 Å². The van der Waals surface area contributed by atoms with Crippen molar-refractivity contribution in [3.8, 4) is 6.07 Å². The van der Waals surface area contributed by atoms with E-state index in [0.717, 1.165) is 0 Å². The van der Waals surface area contributed by atoms with Crippen LogP contribution in [0.1, 0.15) is 21.7 Å². The number of anilines is 2. The lowest BCUT2D eigenvalue weighted by atomic mass is 10.2. The number of nitrogens with one attached hydrogen (secondary N) is 1. The molecule has 1 atom stereocenters. The summed E-state index contributed by atoms with van der Waals surface area (Å²) < 4.78 is 0. The molecule has 1 amide bonds. The minimum absolute atomic E-state index is 0.204. The molecule has 6 nitrogen and oxygen atoms in total. The molecular weight excluding hydrogens is 276 g/mol. The average molecular weight is 292 g/mol. The predicted molar refractivity (Wildman–Crippen MR) is 78.8 cm³/mol. The van der Waals surface area contributed by atoms with E-state index in [-0.39, 0.29) is 11.6 Å². The molecule has 1 aromatic rings. The average Bonchev–Trinajstić information content (AvgIpc) is 2.99. The van der Waals surface area contributed by atoms with E-state index >= 15 is 0 Å². The highest BCUT2D eigenvalue weighted by Crippen LogP contribution is 2.39. The van der Waals surface area contributed by atoms with E-state index in [2.05, 4.69) is 11.9 Å². The fourth-order valence-corrected chi connectivity index (χ4v) is 3.23. The molecule has 0 spiro atoms. The maximum absolute atomic E-state index is 12.0.